The van der Waals surface area contributed by atoms with E-state index >= 15 is 0 Å². The van der Waals surface area contributed by atoms with Crippen LogP contribution in [0.2, 0.25) is 5.02 Å². The van der Waals surface area contributed by atoms with Crippen LogP contribution >= 0.6 is 11.6 Å². The van der Waals surface area contributed by atoms with Crippen LogP contribution in [0.3, 0.4) is 0 Å². The van der Waals surface area contributed by atoms with Crippen molar-refractivity contribution in [1.29, 1.82) is 0 Å². The van der Waals surface area contributed by atoms with E-state index in [2.05, 4.69) is 27.5 Å². The molecule has 0 fully saturated rings. The van der Waals surface area contributed by atoms with Gasteiger partial charge in [0.15, 0.2) is 0 Å². The highest BCUT2D eigenvalue weighted by Gasteiger charge is 2.07. The highest BCUT2D eigenvalue weighted by molar-refractivity contribution is 6.30. The van der Waals surface area contributed by atoms with Crippen LogP contribution in [-0.2, 0) is 17.8 Å². The molecule has 4 aromatic rings. The number of carbonyl (C=O) groups excluding carboxylic acids is 1. The number of halogens is 1. The normalized spacial score (nSPS) is 11.0. The lowest BCUT2D eigenvalue weighted by atomic mass is 10.1. The highest BCUT2D eigenvalue weighted by atomic mass is 35.5. The van der Waals surface area contributed by atoms with Crippen LogP contribution in [-0.4, -0.2) is 20.7 Å². The van der Waals surface area contributed by atoms with Crippen molar-refractivity contribution in [2.75, 3.05) is 5.32 Å². The molecule has 0 spiro atoms. The number of hydrogen-bond acceptors (Lipinski definition) is 2. The highest BCUT2D eigenvalue weighted by Crippen LogP contribution is 2.19. The second kappa shape index (κ2) is 8.31. The fourth-order valence-corrected chi connectivity index (χ4v) is 3.55. The number of para-hydroxylation sites is 1. The van der Waals surface area contributed by atoms with Gasteiger partial charge in [-0.1, -0.05) is 41.9 Å². The third-order valence-electron chi connectivity index (χ3n) is 4.68. The van der Waals surface area contributed by atoms with Gasteiger partial charge in [0.1, 0.15) is 0 Å². The maximum atomic E-state index is 12.2. The first-order chi connectivity index (χ1) is 13.7. The molecule has 0 aliphatic rings. The van der Waals surface area contributed by atoms with E-state index in [4.69, 9.17) is 11.6 Å². The van der Waals surface area contributed by atoms with E-state index in [0.29, 0.717) is 23.7 Å². The average Bonchev–Trinajstić information content (AvgIpc) is 3.29. The molecule has 0 aliphatic heterocycles. The maximum absolute atomic E-state index is 12.2. The summed E-state index contributed by atoms with van der Waals surface area (Å²) in [6.45, 7) is 0.608. The maximum Gasteiger partial charge on any atom is 0.224 e. The Morgan fingerprint density at radius 1 is 1.18 bits per heavy atom. The lowest BCUT2D eigenvalue weighted by molar-refractivity contribution is -0.116. The average molecular weight is 393 g/mol. The standard InChI is InChI=1S/C22H21ClN4O/c23-18-7-3-5-16(11-18)14-27-15-19(13-25-27)26-22(28)10-4-6-17-12-24-21-9-2-1-8-20(17)21/h1-3,5,7-9,11-13,15,24H,4,6,10,14H2,(H,26,28). The zero-order valence-corrected chi connectivity index (χ0v) is 16.1. The van der Waals surface area contributed by atoms with E-state index in [1.807, 2.05) is 48.8 Å². The predicted molar refractivity (Wildman–Crippen MR) is 113 cm³/mol. The van der Waals surface area contributed by atoms with Crippen LogP contribution in [0.4, 0.5) is 5.69 Å². The summed E-state index contributed by atoms with van der Waals surface area (Å²) in [4.78, 5) is 15.5. The molecule has 0 bridgehead atoms. The largest absolute Gasteiger partial charge is 0.361 e. The SMILES string of the molecule is O=C(CCCc1c[nH]c2ccccc12)Nc1cnn(Cc2cccc(Cl)c2)c1. The number of hydrogen-bond donors (Lipinski definition) is 2. The molecule has 0 atom stereocenters. The molecule has 2 aromatic heterocycles. The third-order valence-corrected chi connectivity index (χ3v) is 4.91. The molecule has 6 heteroatoms. The molecule has 142 valence electrons. The molecule has 0 saturated carbocycles. The van der Waals surface area contributed by atoms with Crippen LogP contribution in [0.25, 0.3) is 10.9 Å². The molecule has 5 nitrogen and oxygen atoms in total. The van der Waals surface area contributed by atoms with Crippen LogP contribution < -0.4 is 5.32 Å². The zero-order valence-electron chi connectivity index (χ0n) is 15.4. The number of carbonyl (C=O) groups is 1. The van der Waals surface area contributed by atoms with Crippen molar-refractivity contribution < 1.29 is 4.79 Å². The second-order valence-electron chi connectivity index (χ2n) is 6.82. The Kier molecular flexibility index (Phi) is 5.44. The number of fused-ring (bicyclic) bond motifs is 1. The molecular weight excluding hydrogens is 372 g/mol. The zero-order chi connectivity index (χ0) is 19.3. The van der Waals surface area contributed by atoms with Crippen LogP contribution in [0.15, 0.2) is 67.1 Å². The van der Waals surface area contributed by atoms with Gasteiger partial charge in [0.2, 0.25) is 5.91 Å². The molecular formula is C22H21ClN4O. The summed E-state index contributed by atoms with van der Waals surface area (Å²) in [6.07, 6.45) is 7.66. The van der Waals surface area contributed by atoms with E-state index in [9.17, 15) is 4.79 Å². The Bertz CT molecular complexity index is 1100. The quantitative estimate of drug-likeness (QED) is 0.463. The molecule has 1 amide bonds. The fourth-order valence-electron chi connectivity index (χ4n) is 3.34. The number of rotatable bonds is 7. The number of benzene rings is 2. The third kappa shape index (κ3) is 4.43. The van der Waals surface area contributed by atoms with Crippen molar-refractivity contribution in [2.45, 2.75) is 25.8 Å². The molecule has 2 aromatic carbocycles. The van der Waals surface area contributed by atoms with Gasteiger partial charge in [-0.3, -0.25) is 9.48 Å². The molecule has 28 heavy (non-hydrogen) atoms. The van der Waals surface area contributed by atoms with Crippen molar-refractivity contribution >= 4 is 34.1 Å². The van der Waals surface area contributed by atoms with E-state index in [1.165, 1.54) is 10.9 Å². The van der Waals surface area contributed by atoms with E-state index < -0.39 is 0 Å². The van der Waals surface area contributed by atoms with Crippen LogP contribution in [0.1, 0.15) is 24.0 Å². The van der Waals surface area contributed by atoms with Crippen LogP contribution in [0, 0.1) is 0 Å². The molecule has 0 aliphatic carbocycles. The molecule has 2 heterocycles. The van der Waals surface area contributed by atoms with Crippen molar-refractivity contribution in [3.63, 3.8) is 0 Å². The van der Waals surface area contributed by atoms with Crippen molar-refractivity contribution in [2.24, 2.45) is 0 Å². The summed E-state index contributed by atoms with van der Waals surface area (Å²) in [5.74, 6) is 0.00199. The van der Waals surface area contributed by atoms with Gasteiger partial charge in [-0.25, -0.2) is 0 Å². The van der Waals surface area contributed by atoms with Crippen molar-refractivity contribution in [1.82, 2.24) is 14.8 Å². The number of aryl methyl sites for hydroxylation is 1. The first kappa shape index (κ1) is 18.3. The van der Waals surface area contributed by atoms with Crippen molar-refractivity contribution in [3.8, 4) is 0 Å². The Morgan fingerprint density at radius 2 is 2.07 bits per heavy atom. The Hall–Kier alpha value is -3.05. The van der Waals surface area contributed by atoms with E-state index in [1.54, 1.807) is 10.9 Å². The predicted octanol–water partition coefficient (Wildman–Crippen LogP) is 5.03. The van der Waals surface area contributed by atoms with Crippen LogP contribution in [0.5, 0.6) is 0 Å². The van der Waals surface area contributed by atoms with E-state index in [0.717, 1.165) is 23.9 Å². The molecule has 2 N–H and O–H groups in total. The molecule has 0 unspecified atom stereocenters. The van der Waals surface area contributed by atoms with Gasteiger partial charge < -0.3 is 10.3 Å². The summed E-state index contributed by atoms with van der Waals surface area (Å²) in [5.41, 5.74) is 4.15. The van der Waals surface area contributed by atoms with E-state index in [-0.39, 0.29) is 5.91 Å². The fraction of sp³-hybridized carbons (Fsp3) is 0.182. The number of aromatic nitrogens is 3. The topological polar surface area (TPSA) is 62.7 Å². The molecule has 0 radical (unpaired) electrons. The van der Waals surface area contributed by atoms with Gasteiger partial charge >= 0.3 is 0 Å². The van der Waals surface area contributed by atoms with Gasteiger partial charge in [-0.05, 0) is 42.2 Å². The monoisotopic (exact) mass is 392 g/mol. The summed E-state index contributed by atoms with van der Waals surface area (Å²) in [5, 5.41) is 9.15. The summed E-state index contributed by atoms with van der Waals surface area (Å²) < 4.78 is 1.78. The Balaban J connectivity index is 1.28. The van der Waals surface area contributed by atoms with Gasteiger partial charge in [0.25, 0.3) is 0 Å². The number of H-pyrrole nitrogens is 1. The lowest BCUT2D eigenvalue weighted by Crippen LogP contribution is -2.11. The summed E-state index contributed by atoms with van der Waals surface area (Å²) in [7, 11) is 0. The number of aromatic amines is 1. The minimum atomic E-state index is 0.00199. The number of amides is 1. The molecule has 4 rings (SSSR count). The van der Waals surface area contributed by atoms with Gasteiger partial charge in [-0.2, -0.15) is 5.10 Å². The minimum absolute atomic E-state index is 0.00199. The van der Waals surface area contributed by atoms with Gasteiger partial charge in [0, 0.05) is 34.7 Å². The number of nitrogens with zero attached hydrogens (tertiary/aromatic N) is 2. The van der Waals surface area contributed by atoms with Gasteiger partial charge in [0.05, 0.1) is 18.4 Å². The van der Waals surface area contributed by atoms with Gasteiger partial charge in [-0.15, -0.1) is 0 Å². The minimum Gasteiger partial charge on any atom is -0.361 e. The first-order valence-electron chi connectivity index (χ1n) is 9.29. The van der Waals surface area contributed by atoms with Crippen molar-refractivity contribution in [3.05, 3.63) is 83.3 Å². The lowest BCUT2D eigenvalue weighted by Gasteiger charge is -2.03. The second-order valence-corrected chi connectivity index (χ2v) is 7.25. The molecule has 0 saturated heterocycles. The number of anilines is 1. The first-order valence-corrected chi connectivity index (χ1v) is 9.67. The summed E-state index contributed by atoms with van der Waals surface area (Å²) >= 11 is 6.01. The smallest absolute Gasteiger partial charge is 0.224 e. The Labute approximate surface area is 168 Å². The Morgan fingerprint density at radius 3 is 2.96 bits per heavy atom. The summed E-state index contributed by atoms with van der Waals surface area (Å²) in [6, 6.07) is 15.9. The number of nitrogens with one attached hydrogen (secondary N) is 2.